The van der Waals surface area contributed by atoms with Crippen LogP contribution in [0.5, 0.6) is 0 Å². The SMILES string of the molecule is CCNC(=NCc1cccc(F)c1)NCCC1CCN(C)CC1. The molecule has 0 atom stereocenters. The van der Waals surface area contributed by atoms with E-state index in [0.29, 0.717) is 6.54 Å². The molecule has 1 aliphatic rings. The molecule has 0 unspecified atom stereocenters. The number of halogens is 1. The zero-order valence-electron chi connectivity index (χ0n) is 14.3. The number of piperidine rings is 1. The second-order valence-corrected chi connectivity index (χ2v) is 6.29. The Bertz CT molecular complexity index is 496. The van der Waals surface area contributed by atoms with Gasteiger partial charge in [-0.25, -0.2) is 9.38 Å². The average Bonchev–Trinajstić information content (AvgIpc) is 2.54. The molecule has 1 fully saturated rings. The first-order valence-electron chi connectivity index (χ1n) is 8.62. The van der Waals surface area contributed by atoms with Crippen molar-refractivity contribution in [3.63, 3.8) is 0 Å². The van der Waals surface area contributed by atoms with E-state index in [9.17, 15) is 4.39 Å². The first kappa shape index (κ1) is 17.7. The minimum absolute atomic E-state index is 0.210. The summed E-state index contributed by atoms with van der Waals surface area (Å²) in [5.41, 5.74) is 0.887. The van der Waals surface area contributed by atoms with Gasteiger partial charge in [-0.1, -0.05) is 12.1 Å². The number of likely N-dealkylation sites (tertiary alicyclic amines) is 1. The van der Waals surface area contributed by atoms with Crippen LogP contribution in [0.1, 0.15) is 31.7 Å². The summed E-state index contributed by atoms with van der Waals surface area (Å²) in [7, 11) is 2.19. The fraction of sp³-hybridized carbons (Fsp3) is 0.611. The van der Waals surface area contributed by atoms with Gasteiger partial charge < -0.3 is 15.5 Å². The Labute approximate surface area is 139 Å². The van der Waals surface area contributed by atoms with E-state index in [1.165, 1.54) is 44.5 Å². The highest BCUT2D eigenvalue weighted by Gasteiger charge is 2.16. The summed E-state index contributed by atoms with van der Waals surface area (Å²) in [4.78, 5) is 6.94. The van der Waals surface area contributed by atoms with Gasteiger partial charge in [0.1, 0.15) is 5.82 Å². The highest BCUT2D eigenvalue weighted by Crippen LogP contribution is 2.18. The van der Waals surface area contributed by atoms with Crippen molar-refractivity contribution < 1.29 is 4.39 Å². The lowest BCUT2D eigenvalue weighted by atomic mass is 9.94. The zero-order valence-corrected chi connectivity index (χ0v) is 14.3. The van der Waals surface area contributed by atoms with E-state index in [1.54, 1.807) is 6.07 Å². The maximum atomic E-state index is 13.2. The van der Waals surface area contributed by atoms with Gasteiger partial charge in [0.2, 0.25) is 0 Å². The molecule has 0 spiro atoms. The molecule has 1 heterocycles. The molecule has 1 aliphatic heterocycles. The number of nitrogens with one attached hydrogen (secondary N) is 2. The molecule has 128 valence electrons. The van der Waals surface area contributed by atoms with Crippen LogP contribution in [0.2, 0.25) is 0 Å². The van der Waals surface area contributed by atoms with Crippen LogP contribution < -0.4 is 10.6 Å². The van der Waals surface area contributed by atoms with Crippen LogP contribution in [0.3, 0.4) is 0 Å². The van der Waals surface area contributed by atoms with E-state index >= 15 is 0 Å². The van der Waals surface area contributed by atoms with Gasteiger partial charge >= 0.3 is 0 Å². The van der Waals surface area contributed by atoms with Crippen molar-refractivity contribution >= 4 is 5.96 Å². The van der Waals surface area contributed by atoms with Crippen LogP contribution in [0.15, 0.2) is 29.3 Å². The number of aliphatic imine (C=N–C) groups is 1. The van der Waals surface area contributed by atoms with E-state index in [4.69, 9.17) is 0 Å². The van der Waals surface area contributed by atoms with Crippen LogP contribution >= 0.6 is 0 Å². The monoisotopic (exact) mass is 320 g/mol. The summed E-state index contributed by atoms with van der Waals surface area (Å²) in [5, 5.41) is 6.64. The highest BCUT2D eigenvalue weighted by molar-refractivity contribution is 5.79. The summed E-state index contributed by atoms with van der Waals surface area (Å²) < 4.78 is 13.2. The lowest BCUT2D eigenvalue weighted by Gasteiger charge is -2.29. The van der Waals surface area contributed by atoms with E-state index in [1.807, 2.05) is 6.07 Å². The molecule has 0 bridgehead atoms. The number of benzene rings is 1. The molecule has 0 radical (unpaired) electrons. The van der Waals surface area contributed by atoms with Crippen molar-refractivity contribution in [2.24, 2.45) is 10.9 Å². The highest BCUT2D eigenvalue weighted by atomic mass is 19.1. The molecule has 1 aromatic rings. The van der Waals surface area contributed by atoms with Gasteiger partial charge in [0.05, 0.1) is 6.54 Å². The minimum Gasteiger partial charge on any atom is -0.357 e. The van der Waals surface area contributed by atoms with E-state index in [-0.39, 0.29) is 5.82 Å². The maximum absolute atomic E-state index is 13.2. The molecule has 5 heteroatoms. The first-order chi connectivity index (χ1) is 11.2. The van der Waals surface area contributed by atoms with Crippen LogP contribution in [-0.2, 0) is 6.54 Å². The minimum atomic E-state index is -0.210. The fourth-order valence-electron chi connectivity index (χ4n) is 2.89. The predicted octanol–water partition coefficient (Wildman–Crippen LogP) is 2.61. The number of rotatable bonds is 6. The average molecular weight is 320 g/mol. The smallest absolute Gasteiger partial charge is 0.191 e. The fourth-order valence-corrected chi connectivity index (χ4v) is 2.89. The van der Waals surface area contributed by atoms with Gasteiger partial charge in [-0.3, -0.25) is 0 Å². The normalized spacial score (nSPS) is 17.3. The van der Waals surface area contributed by atoms with Gasteiger partial charge in [-0.05, 0) is 69.9 Å². The Morgan fingerprint density at radius 1 is 1.30 bits per heavy atom. The third-order valence-corrected chi connectivity index (χ3v) is 4.34. The Morgan fingerprint density at radius 2 is 2.09 bits per heavy atom. The molecule has 0 aliphatic carbocycles. The van der Waals surface area contributed by atoms with Crippen molar-refractivity contribution in [2.45, 2.75) is 32.7 Å². The standard InChI is InChI=1S/C18H29FN4/c1-3-20-18(22-14-16-5-4-6-17(19)13-16)21-10-7-15-8-11-23(2)12-9-15/h4-6,13,15H,3,7-12,14H2,1-2H3,(H2,20,21,22). The van der Waals surface area contributed by atoms with E-state index in [2.05, 4.69) is 34.5 Å². The van der Waals surface area contributed by atoms with E-state index < -0.39 is 0 Å². The largest absolute Gasteiger partial charge is 0.357 e. The van der Waals surface area contributed by atoms with Crippen molar-refractivity contribution in [1.29, 1.82) is 0 Å². The molecule has 0 amide bonds. The third-order valence-electron chi connectivity index (χ3n) is 4.34. The molecule has 23 heavy (non-hydrogen) atoms. The Balaban J connectivity index is 1.77. The second-order valence-electron chi connectivity index (χ2n) is 6.29. The number of guanidine groups is 1. The lowest BCUT2D eigenvalue weighted by molar-refractivity contribution is 0.213. The quantitative estimate of drug-likeness (QED) is 0.625. The van der Waals surface area contributed by atoms with E-state index in [0.717, 1.165) is 30.5 Å². The van der Waals surface area contributed by atoms with Gasteiger partial charge in [0.15, 0.2) is 5.96 Å². The molecule has 2 rings (SSSR count). The van der Waals surface area contributed by atoms with Crippen LogP contribution in [0.4, 0.5) is 4.39 Å². The predicted molar refractivity (Wildman–Crippen MR) is 94.1 cm³/mol. The number of nitrogens with zero attached hydrogens (tertiary/aromatic N) is 2. The summed E-state index contributed by atoms with van der Waals surface area (Å²) in [6.45, 7) is 6.71. The molecule has 0 saturated carbocycles. The summed E-state index contributed by atoms with van der Waals surface area (Å²) >= 11 is 0. The molecule has 1 saturated heterocycles. The van der Waals surface area contributed by atoms with Gasteiger partial charge in [0, 0.05) is 13.1 Å². The summed E-state index contributed by atoms with van der Waals surface area (Å²) in [5.74, 6) is 1.41. The number of hydrogen-bond acceptors (Lipinski definition) is 2. The Morgan fingerprint density at radius 3 is 2.78 bits per heavy atom. The van der Waals surface area contributed by atoms with Gasteiger partial charge in [-0.15, -0.1) is 0 Å². The first-order valence-corrected chi connectivity index (χ1v) is 8.62. The summed E-state index contributed by atoms with van der Waals surface area (Å²) in [6.07, 6.45) is 3.75. The third kappa shape index (κ3) is 6.57. The zero-order chi connectivity index (χ0) is 16.5. The molecule has 4 nitrogen and oxygen atoms in total. The van der Waals surface area contributed by atoms with Crippen molar-refractivity contribution in [1.82, 2.24) is 15.5 Å². The molecule has 1 aromatic carbocycles. The lowest BCUT2D eigenvalue weighted by Crippen LogP contribution is -2.39. The topological polar surface area (TPSA) is 39.7 Å². The van der Waals surface area contributed by atoms with Crippen LogP contribution in [-0.4, -0.2) is 44.1 Å². The van der Waals surface area contributed by atoms with Crippen molar-refractivity contribution in [3.8, 4) is 0 Å². The summed E-state index contributed by atoms with van der Waals surface area (Å²) in [6, 6.07) is 6.61. The molecule has 2 N–H and O–H groups in total. The molecular formula is C18H29FN4. The Hall–Kier alpha value is -1.62. The molecular weight excluding hydrogens is 291 g/mol. The van der Waals surface area contributed by atoms with Gasteiger partial charge in [0.25, 0.3) is 0 Å². The number of hydrogen-bond donors (Lipinski definition) is 2. The van der Waals surface area contributed by atoms with Crippen LogP contribution in [0, 0.1) is 11.7 Å². The molecule has 0 aromatic heterocycles. The van der Waals surface area contributed by atoms with Crippen molar-refractivity contribution in [3.05, 3.63) is 35.6 Å². The maximum Gasteiger partial charge on any atom is 0.191 e. The second kappa shape index (κ2) is 9.50. The van der Waals surface area contributed by atoms with Crippen LogP contribution in [0.25, 0.3) is 0 Å². The Kier molecular flexibility index (Phi) is 7.33. The van der Waals surface area contributed by atoms with Gasteiger partial charge in [-0.2, -0.15) is 0 Å². The van der Waals surface area contributed by atoms with Crippen molar-refractivity contribution in [2.75, 3.05) is 33.2 Å².